The van der Waals surface area contributed by atoms with E-state index < -0.39 is 5.41 Å². The van der Waals surface area contributed by atoms with Gasteiger partial charge in [-0.05, 0) is 50.2 Å². The molecule has 1 amide bonds. The fourth-order valence-corrected chi connectivity index (χ4v) is 5.85. The molecule has 12 heteroatoms. The van der Waals surface area contributed by atoms with Crippen LogP contribution in [0.15, 0.2) is 18.3 Å². The van der Waals surface area contributed by atoms with Gasteiger partial charge in [-0.3, -0.25) is 9.36 Å². The lowest BCUT2D eigenvalue weighted by Gasteiger charge is -2.35. The summed E-state index contributed by atoms with van der Waals surface area (Å²) < 4.78 is 7.61. The van der Waals surface area contributed by atoms with Crippen LogP contribution in [-0.2, 0) is 9.53 Å². The van der Waals surface area contributed by atoms with Crippen molar-refractivity contribution in [2.75, 3.05) is 23.8 Å². The van der Waals surface area contributed by atoms with Gasteiger partial charge in [-0.25, -0.2) is 9.97 Å². The lowest BCUT2D eigenvalue weighted by atomic mass is 9.73. The molecule has 0 unspecified atom stereocenters. The highest BCUT2D eigenvalue weighted by atomic mass is 35.5. The molecular weight excluding hydrogens is 527 g/mol. The third-order valence-electron chi connectivity index (χ3n) is 7.81. The molecule has 2 fully saturated rings. The van der Waals surface area contributed by atoms with Crippen molar-refractivity contribution in [3.8, 4) is 6.07 Å². The van der Waals surface area contributed by atoms with Gasteiger partial charge in [0.15, 0.2) is 5.65 Å². The number of nitrogens with one attached hydrogen (secondary N) is 2. The van der Waals surface area contributed by atoms with Crippen LogP contribution in [0, 0.1) is 22.7 Å². The summed E-state index contributed by atoms with van der Waals surface area (Å²) in [5.41, 5.74) is 7.25. The Balaban J connectivity index is 1.54. The third kappa shape index (κ3) is 5.10. The summed E-state index contributed by atoms with van der Waals surface area (Å²) in [4.78, 5) is 26.3. The number of anilines is 3. The Morgan fingerprint density at radius 3 is 2.58 bits per heavy atom. The summed E-state index contributed by atoms with van der Waals surface area (Å²) in [6.45, 7) is 5.46. The van der Waals surface area contributed by atoms with Crippen LogP contribution < -0.4 is 16.4 Å². The maximum Gasteiger partial charge on any atom is 0.224 e. The van der Waals surface area contributed by atoms with E-state index in [4.69, 9.17) is 43.6 Å². The van der Waals surface area contributed by atoms with E-state index in [2.05, 4.69) is 28.6 Å². The number of ether oxygens (including phenoxy) is 1. The minimum Gasteiger partial charge on any atom is -0.381 e. The molecule has 1 saturated heterocycles. The summed E-state index contributed by atoms with van der Waals surface area (Å²) in [6, 6.07) is 5.38. The Bertz CT molecular complexity index is 1390. The highest BCUT2D eigenvalue weighted by Crippen LogP contribution is 2.43. The van der Waals surface area contributed by atoms with Crippen molar-refractivity contribution in [2.24, 2.45) is 17.1 Å². The number of rotatable bonds is 6. The van der Waals surface area contributed by atoms with Crippen LogP contribution in [0.5, 0.6) is 0 Å². The molecular formula is C26H30Cl2N8O2. The van der Waals surface area contributed by atoms with Crippen LogP contribution in [0.4, 0.5) is 17.6 Å². The molecule has 1 aromatic carbocycles. The van der Waals surface area contributed by atoms with E-state index in [9.17, 15) is 10.1 Å². The number of amides is 1. The zero-order chi connectivity index (χ0) is 27.0. The molecule has 2 atom stereocenters. The Hall–Kier alpha value is -3.13. The molecule has 2 aliphatic rings. The summed E-state index contributed by atoms with van der Waals surface area (Å²) in [7, 11) is 0. The first-order valence-electron chi connectivity index (χ1n) is 12.7. The predicted molar refractivity (Wildman–Crippen MR) is 147 cm³/mol. The molecule has 4 N–H and O–H groups in total. The number of carbonyl (C=O) groups is 1. The molecule has 0 bridgehead atoms. The zero-order valence-electron chi connectivity index (χ0n) is 21.3. The molecule has 200 valence electrons. The predicted octanol–water partition coefficient (Wildman–Crippen LogP) is 5.19. The lowest BCUT2D eigenvalue weighted by Crippen LogP contribution is -2.38. The fourth-order valence-electron chi connectivity index (χ4n) is 5.27. The van der Waals surface area contributed by atoms with Gasteiger partial charge in [-0.2, -0.15) is 10.2 Å². The van der Waals surface area contributed by atoms with Crippen LogP contribution in [0.25, 0.3) is 11.2 Å². The van der Waals surface area contributed by atoms with Crippen molar-refractivity contribution in [1.29, 1.82) is 5.26 Å². The van der Waals surface area contributed by atoms with E-state index in [-0.39, 0.29) is 18.0 Å². The van der Waals surface area contributed by atoms with Crippen molar-refractivity contribution in [3.63, 3.8) is 0 Å². The van der Waals surface area contributed by atoms with Crippen LogP contribution in [-0.4, -0.2) is 44.7 Å². The number of carbonyl (C=O) groups excluding carboxylic acids is 1. The lowest BCUT2D eigenvalue weighted by molar-refractivity contribution is -0.128. The first-order chi connectivity index (χ1) is 18.2. The second-order valence-electron chi connectivity index (χ2n) is 10.5. The number of benzene rings is 1. The highest BCUT2D eigenvalue weighted by Gasteiger charge is 2.38. The standard InChI is InChI=1S/C26H30Cl2N8O2/c1-14-13-38-8-5-19(14)32-24-31-12-20-22(35-24)36(16-3-6-26(2,7-4-16)23(30)37)25(33-20)34-21-17(27)9-15(11-29)10-18(21)28/h9-10,12,14,16,19H,3-8,13H2,1-2H3,(H2,30,37)(H,33,34)(H,31,32,35)/t14-,16?,19-,26?/m1/s1. The highest BCUT2D eigenvalue weighted by molar-refractivity contribution is 6.39. The van der Waals surface area contributed by atoms with Gasteiger partial charge >= 0.3 is 0 Å². The minimum absolute atomic E-state index is 0.00983. The number of aromatic nitrogens is 4. The van der Waals surface area contributed by atoms with Crippen LogP contribution in [0.2, 0.25) is 10.0 Å². The SMILES string of the molecule is C[C@@H]1COCC[C@H]1Nc1ncc2nc(Nc3c(Cl)cc(C#N)cc3Cl)n(C3CCC(C)(C(N)=O)CC3)c2n1. The molecule has 10 nitrogen and oxygen atoms in total. The van der Waals surface area contributed by atoms with E-state index in [1.807, 2.05) is 11.5 Å². The van der Waals surface area contributed by atoms with Crippen molar-refractivity contribution in [2.45, 2.75) is 58.0 Å². The first kappa shape index (κ1) is 26.5. The normalized spacial score (nSPS) is 25.6. The summed E-state index contributed by atoms with van der Waals surface area (Å²) in [5, 5.41) is 16.6. The number of nitrogens with zero attached hydrogens (tertiary/aromatic N) is 5. The third-order valence-corrected chi connectivity index (χ3v) is 8.41. The van der Waals surface area contributed by atoms with E-state index in [0.29, 0.717) is 76.3 Å². The van der Waals surface area contributed by atoms with E-state index in [1.54, 1.807) is 18.3 Å². The Labute approximate surface area is 230 Å². The van der Waals surface area contributed by atoms with Gasteiger partial charge in [0.25, 0.3) is 0 Å². The first-order valence-corrected chi connectivity index (χ1v) is 13.5. The molecule has 38 heavy (non-hydrogen) atoms. The second kappa shape index (κ2) is 10.6. The molecule has 1 aliphatic carbocycles. The maximum absolute atomic E-state index is 12.1. The van der Waals surface area contributed by atoms with Gasteiger partial charge in [0, 0.05) is 24.1 Å². The number of fused-ring (bicyclic) bond motifs is 1. The molecule has 5 rings (SSSR count). The van der Waals surface area contributed by atoms with E-state index >= 15 is 0 Å². The van der Waals surface area contributed by atoms with E-state index in [1.165, 1.54) is 0 Å². The topological polar surface area (TPSA) is 144 Å². The zero-order valence-corrected chi connectivity index (χ0v) is 22.8. The number of halogens is 2. The van der Waals surface area contributed by atoms with Crippen LogP contribution >= 0.6 is 23.2 Å². The Morgan fingerprint density at radius 1 is 1.24 bits per heavy atom. The van der Waals surface area contributed by atoms with Crippen molar-refractivity contribution in [1.82, 2.24) is 19.5 Å². The smallest absolute Gasteiger partial charge is 0.224 e. The van der Waals surface area contributed by atoms with Crippen molar-refractivity contribution in [3.05, 3.63) is 33.9 Å². The molecule has 1 aliphatic heterocycles. The summed E-state index contributed by atoms with van der Waals surface area (Å²) in [5.74, 6) is 1.08. The average molecular weight is 557 g/mol. The minimum atomic E-state index is -0.541. The molecule has 3 heterocycles. The average Bonchev–Trinajstić information content (AvgIpc) is 3.25. The number of hydrogen-bond donors (Lipinski definition) is 3. The van der Waals surface area contributed by atoms with Gasteiger partial charge in [-0.1, -0.05) is 37.0 Å². The number of nitrogens with two attached hydrogens (primary N) is 1. The number of nitriles is 1. The number of hydrogen-bond acceptors (Lipinski definition) is 8. The van der Waals surface area contributed by atoms with Crippen LogP contribution in [0.1, 0.15) is 57.6 Å². The number of primary amides is 1. The van der Waals surface area contributed by atoms with Gasteiger partial charge in [0.2, 0.25) is 17.8 Å². The van der Waals surface area contributed by atoms with Crippen molar-refractivity contribution < 1.29 is 9.53 Å². The molecule has 2 aromatic heterocycles. The Morgan fingerprint density at radius 2 is 1.95 bits per heavy atom. The summed E-state index contributed by atoms with van der Waals surface area (Å²) >= 11 is 13.0. The van der Waals surface area contributed by atoms with Crippen molar-refractivity contribution >= 4 is 57.9 Å². The maximum atomic E-state index is 12.1. The molecule has 0 radical (unpaired) electrons. The molecule has 1 saturated carbocycles. The van der Waals surface area contributed by atoms with Crippen LogP contribution in [0.3, 0.4) is 0 Å². The number of imidazole rings is 1. The van der Waals surface area contributed by atoms with Gasteiger partial charge in [0.1, 0.15) is 5.52 Å². The second-order valence-corrected chi connectivity index (χ2v) is 11.3. The largest absolute Gasteiger partial charge is 0.381 e. The molecule has 3 aromatic rings. The molecule has 0 spiro atoms. The Kier molecular flexibility index (Phi) is 7.36. The quantitative estimate of drug-likeness (QED) is 0.376. The van der Waals surface area contributed by atoms with Gasteiger partial charge < -0.3 is 21.1 Å². The summed E-state index contributed by atoms with van der Waals surface area (Å²) in [6.07, 6.45) is 5.32. The van der Waals surface area contributed by atoms with Gasteiger partial charge in [-0.15, -0.1) is 0 Å². The van der Waals surface area contributed by atoms with Gasteiger partial charge in [0.05, 0.1) is 40.2 Å². The monoisotopic (exact) mass is 556 g/mol. The van der Waals surface area contributed by atoms with E-state index in [0.717, 1.165) is 19.3 Å². The fraction of sp³-hybridized carbons (Fsp3) is 0.500.